The fourth-order valence-corrected chi connectivity index (χ4v) is 4.12. The summed E-state index contributed by atoms with van der Waals surface area (Å²) in [6, 6.07) is 6.01. The van der Waals surface area contributed by atoms with Crippen LogP contribution in [0.15, 0.2) is 24.4 Å². The van der Waals surface area contributed by atoms with E-state index in [2.05, 4.69) is 16.9 Å². The number of aromatic nitrogens is 1. The molecule has 3 rings (SSSR count). The quantitative estimate of drug-likeness (QED) is 0.839. The van der Waals surface area contributed by atoms with Crippen molar-refractivity contribution < 1.29 is 9.53 Å². The molecule has 0 aliphatic carbocycles. The molecule has 2 saturated heterocycles. The summed E-state index contributed by atoms with van der Waals surface area (Å²) in [5.74, 6) is 0.464. The molecule has 0 bridgehead atoms. The van der Waals surface area contributed by atoms with E-state index in [4.69, 9.17) is 4.74 Å². The molecule has 2 amide bonds. The van der Waals surface area contributed by atoms with E-state index in [0.29, 0.717) is 12.5 Å². The monoisotopic (exact) mass is 332 g/mol. The molecule has 6 nitrogen and oxygen atoms in total. The van der Waals surface area contributed by atoms with Gasteiger partial charge in [0.05, 0.1) is 18.9 Å². The molecule has 6 heteroatoms. The van der Waals surface area contributed by atoms with Crippen LogP contribution in [0.5, 0.6) is 0 Å². The second-order valence-corrected chi connectivity index (χ2v) is 7.44. The third-order valence-electron chi connectivity index (χ3n) is 5.32. The summed E-state index contributed by atoms with van der Waals surface area (Å²) in [5.41, 5.74) is 1.14. The number of ether oxygens (including phenoxy) is 1. The largest absolute Gasteiger partial charge is 0.375 e. The SMILES string of the molecule is CN1C[C@H](COCc2ccccn2)[C@@]2(CCN(C(=O)N(C)C)C2)C1. The maximum Gasteiger partial charge on any atom is 0.319 e. The first-order valence-electron chi connectivity index (χ1n) is 8.63. The summed E-state index contributed by atoms with van der Waals surface area (Å²) in [5, 5.41) is 0. The van der Waals surface area contributed by atoms with E-state index in [1.165, 1.54) is 0 Å². The molecule has 2 aliphatic heterocycles. The summed E-state index contributed by atoms with van der Waals surface area (Å²) in [6.45, 7) is 5.05. The second-order valence-electron chi connectivity index (χ2n) is 7.44. The van der Waals surface area contributed by atoms with Crippen LogP contribution in [0, 0.1) is 11.3 Å². The highest BCUT2D eigenvalue weighted by atomic mass is 16.5. The van der Waals surface area contributed by atoms with Gasteiger partial charge in [-0.05, 0) is 25.6 Å². The molecule has 2 aliphatic rings. The summed E-state index contributed by atoms with van der Waals surface area (Å²) in [7, 11) is 5.81. The first-order chi connectivity index (χ1) is 11.5. The highest BCUT2D eigenvalue weighted by molar-refractivity contribution is 5.74. The van der Waals surface area contributed by atoms with Crippen molar-refractivity contribution >= 4 is 6.03 Å². The first kappa shape index (κ1) is 17.2. The maximum absolute atomic E-state index is 12.3. The smallest absolute Gasteiger partial charge is 0.319 e. The molecule has 2 fully saturated rings. The molecule has 0 unspecified atom stereocenters. The van der Waals surface area contributed by atoms with Gasteiger partial charge in [-0.1, -0.05) is 6.07 Å². The minimum absolute atomic E-state index is 0.120. The van der Waals surface area contributed by atoms with E-state index in [9.17, 15) is 4.79 Å². The van der Waals surface area contributed by atoms with Crippen LogP contribution in [0.3, 0.4) is 0 Å². The van der Waals surface area contributed by atoms with Crippen LogP contribution in [0.25, 0.3) is 0 Å². The number of pyridine rings is 1. The molecule has 0 radical (unpaired) electrons. The van der Waals surface area contributed by atoms with Crippen molar-refractivity contribution in [1.82, 2.24) is 19.7 Å². The number of carbonyl (C=O) groups is 1. The number of urea groups is 1. The molecular formula is C18H28N4O2. The number of hydrogen-bond acceptors (Lipinski definition) is 4. The second kappa shape index (κ2) is 7.07. The van der Waals surface area contributed by atoms with Crippen LogP contribution in [-0.4, -0.2) is 79.6 Å². The van der Waals surface area contributed by atoms with Crippen LogP contribution >= 0.6 is 0 Å². The van der Waals surface area contributed by atoms with Crippen molar-refractivity contribution in [2.75, 3.05) is 53.9 Å². The average molecular weight is 332 g/mol. The van der Waals surface area contributed by atoms with Gasteiger partial charge in [0, 0.05) is 57.8 Å². The fraction of sp³-hybridized carbons (Fsp3) is 0.667. The number of hydrogen-bond donors (Lipinski definition) is 0. The Morgan fingerprint density at radius 2 is 2.25 bits per heavy atom. The van der Waals surface area contributed by atoms with Gasteiger partial charge in [0.15, 0.2) is 0 Å². The predicted molar refractivity (Wildman–Crippen MR) is 92.6 cm³/mol. The molecule has 1 aromatic rings. The summed E-state index contributed by atoms with van der Waals surface area (Å²) in [6.07, 6.45) is 2.86. The Bertz CT molecular complexity index is 565. The first-order valence-corrected chi connectivity index (χ1v) is 8.63. The Labute approximate surface area is 144 Å². The lowest BCUT2D eigenvalue weighted by Gasteiger charge is -2.31. The number of nitrogens with zero attached hydrogens (tertiary/aromatic N) is 4. The van der Waals surface area contributed by atoms with Crippen molar-refractivity contribution in [3.05, 3.63) is 30.1 Å². The van der Waals surface area contributed by atoms with E-state index < -0.39 is 0 Å². The molecule has 0 saturated carbocycles. The zero-order valence-corrected chi connectivity index (χ0v) is 14.9. The minimum atomic E-state index is 0.120. The Morgan fingerprint density at radius 3 is 2.96 bits per heavy atom. The number of likely N-dealkylation sites (tertiary alicyclic amines) is 2. The lowest BCUT2D eigenvalue weighted by molar-refractivity contribution is 0.0510. The van der Waals surface area contributed by atoms with Gasteiger partial charge in [-0.3, -0.25) is 4.98 Å². The normalized spacial score (nSPS) is 27.1. The minimum Gasteiger partial charge on any atom is -0.375 e. The van der Waals surface area contributed by atoms with E-state index >= 15 is 0 Å². The van der Waals surface area contributed by atoms with Crippen LogP contribution in [0.1, 0.15) is 12.1 Å². The van der Waals surface area contributed by atoms with E-state index in [0.717, 1.165) is 44.9 Å². The van der Waals surface area contributed by atoms with Crippen molar-refractivity contribution in [1.29, 1.82) is 0 Å². The van der Waals surface area contributed by atoms with Gasteiger partial charge in [-0.15, -0.1) is 0 Å². The molecule has 2 atom stereocenters. The maximum atomic E-state index is 12.3. The summed E-state index contributed by atoms with van der Waals surface area (Å²) in [4.78, 5) is 22.6. The van der Waals surface area contributed by atoms with Crippen molar-refractivity contribution in [3.63, 3.8) is 0 Å². The van der Waals surface area contributed by atoms with Crippen LogP contribution < -0.4 is 0 Å². The molecule has 0 N–H and O–H groups in total. The number of rotatable bonds is 4. The third-order valence-corrected chi connectivity index (χ3v) is 5.32. The summed E-state index contributed by atoms with van der Waals surface area (Å²) < 4.78 is 5.98. The Morgan fingerprint density at radius 1 is 1.42 bits per heavy atom. The average Bonchev–Trinajstić information content (AvgIpc) is 3.12. The molecule has 0 aromatic carbocycles. The van der Waals surface area contributed by atoms with Gasteiger partial charge in [0.25, 0.3) is 0 Å². The van der Waals surface area contributed by atoms with Crippen molar-refractivity contribution in [2.45, 2.75) is 13.0 Å². The standard InChI is InChI=1S/C18H28N4O2/c1-20(2)17(23)22-9-7-18(14-22)13-21(3)10-15(18)11-24-12-16-6-4-5-8-19-16/h4-6,8,15H,7,9-14H2,1-3H3/t15-,18+/m1/s1. The van der Waals surface area contributed by atoms with Gasteiger partial charge in [-0.25, -0.2) is 4.79 Å². The zero-order valence-electron chi connectivity index (χ0n) is 14.9. The third kappa shape index (κ3) is 3.54. The van der Waals surface area contributed by atoms with Gasteiger partial charge in [0.2, 0.25) is 0 Å². The van der Waals surface area contributed by atoms with Gasteiger partial charge >= 0.3 is 6.03 Å². The van der Waals surface area contributed by atoms with Gasteiger partial charge < -0.3 is 19.4 Å². The van der Waals surface area contributed by atoms with Crippen LogP contribution in [-0.2, 0) is 11.3 Å². The molecule has 1 aromatic heterocycles. The number of carbonyl (C=O) groups excluding carboxylic acids is 1. The van der Waals surface area contributed by atoms with Crippen LogP contribution in [0.2, 0.25) is 0 Å². The Kier molecular flexibility index (Phi) is 5.06. The molecule has 3 heterocycles. The number of amides is 2. The highest BCUT2D eigenvalue weighted by Gasteiger charge is 2.50. The Balaban J connectivity index is 1.59. The zero-order chi connectivity index (χ0) is 17.2. The Hall–Kier alpha value is -1.66. The summed E-state index contributed by atoms with van der Waals surface area (Å²) >= 11 is 0. The van der Waals surface area contributed by atoms with Crippen LogP contribution in [0.4, 0.5) is 4.79 Å². The van der Waals surface area contributed by atoms with E-state index in [1.807, 2.05) is 37.2 Å². The van der Waals surface area contributed by atoms with Crippen molar-refractivity contribution in [2.24, 2.45) is 11.3 Å². The van der Waals surface area contributed by atoms with E-state index in [-0.39, 0.29) is 11.4 Å². The lowest BCUT2D eigenvalue weighted by Crippen LogP contribution is -2.41. The van der Waals surface area contributed by atoms with Crippen molar-refractivity contribution in [3.8, 4) is 0 Å². The van der Waals surface area contributed by atoms with E-state index in [1.54, 1.807) is 11.1 Å². The molecular weight excluding hydrogens is 304 g/mol. The molecule has 24 heavy (non-hydrogen) atoms. The fourth-order valence-electron chi connectivity index (χ4n) is 4.12. The highest BCUT2D eigenvalue weighted by Crippen LogP contribution is 2.43. The molecule has 1 spiro atoms. The van der Waals surface area contributed by atoms with Gasteiger partial charge in [-0.2, -0.15) is 0 Å². The topological polar surface area (TPSA) is 48.9 Å². The van der Waals surface area contributed by atoms with Gasteiger partial charge in [0.1, 0.15) is 0 Å². The molecule has 132 valence electrons. The lowest BCUT2D eigenvalue weighted by atomic mass is 9.77. The predicted octanol–water partition coefficient (Wildman–Crippen LogP) is 1.53.